The van der Waals surface area contributed by atoms with E-state index in [1.807, 2.05) is 20.0 Å². The summed E-state index contributed by atoms with van der Waals surface area (Å²) in [6, 6.07) is 16.0. The van der Waals surface area contributed by atoms with Crippen molar-refractivity contribution in [3.63, 3.8) is 0 Å². The molecule has 0 unspecified atom stereocenters. The zero-order valence-electron chi connectivity index (χ0n) is 52.1. The number of hydrogen-bond acceptors (Lipinski definition) is 12. The Kier molecular flexibility index (Phi) is 24.5. The van der Waals surface area contributed by atoms with Gasteiger partial charge in [-0.2, -0.15) is 0 Å². The SMILES string of the molecule is CC(C)C[C@@H](N)CO.CCOC(=O)c1c(C)nc2c(OCc3c(F)cccc3F)cc(C)cn12.CC[C@H](CC(=O)c1c(C)nc2c(OCc3c(F)cccc3F)cc(C)cn12)CC(C)C.Cc1cc(OCc2c(F)cccc2F)c2nc(C)c(C(=O)O)n2c1. The van der Waals surface area contributed by atoms with E-state index in [9.17, 15) is 45.8 Å². The van der Waals surface area contributed by atoms with E-state index >= 15 is 0 Å². The molecular weight excluding hydrogens is 1160 g/mol. The molecule has 6 aromatic heterocycles. The summed E-state index contributed by atoms with van der Waals surface area (Å²) in [6.07, 6.45) is 8.53. The second-order valence-electron chi connectivity index (χ2n) is 22.5. The molecule has 9 rings (SSSR count). The molecule has 6 heterocycles. The number of halogens is 6. The van der Waals surface area contributed by atoms with Crippen molar-refractivity contribution >= 4 is 34.7 Å². The third kappa shape index (κ3) is 17.7. The molecule has 0 radical (unpaired) electrons. The number of hydrogen-bond donors (Lipinski definition) is 3. The van der Waals surface area contributed by atoms with Crippen molar-refractivity contribution < 1.29 is 69.9 Å². The van der Waals surface area contributed by atoms with Gasteiger partial charge < -0.3 is 34.9 Å². The number of ketones is 1. The smallest absolute Gasteiger partial charge is 0.357 e. The summed E-state index contributed by atoms with van der Waals surface area (Å²) in [7, 11) is 0. The van der Waals surface area contributed by atoms with E-state index in [1.165, 1.54) is 46.9 Å². The Balaban J connectivity index is 0.000000201. The van der Waals surface area contributed by atoms with Gasteiger partial charge in [0.15, 0.2) is 51.4 Å². The van der Waals surface area contributed by atoms with Gasteiger partial charge in [-0.3, -0.25) is 18.0 Å². The van der Waals surface area contributed by atoms with E-state index in [0.717, 1.165) is 48.1 Å². The molecular formula is C67H77F6N7O9. The van der Waals surface area contributed by atoms with E-state index in [2.05, 4.69) is 49.6 Å². The highest BCUT2D eigenvalue weighted by molar-refractivity contribution is 5.97. The van der Waals surface area contributed by atoms with Gasteiger partial charge in [-0.15, -0.1) is 0 Å². The molecule has 16 nitrogen and oxygen atoms in total. The first-order valence-corrected chi connectivity index (χ1v) is 29.1. The average molecular weight is 1240 g/mol. The number of rotatable bonds is 21. The minimum Gasteiger partial charge on any atom is -0.485 e. The number of carboxylic acid groups (broad SMARTS) is 1. The molecule has 3 aromatic carbocycles. The second kappa shape index (κ2) is 31.4. The Morgan fingerprint density at radius 3 is 1.19 bits per heavy atom. The van der Waals surface area contributed by atoms with E-state index in [1.54, 1.807) is 74.0 Å². The number of carbonyl (C=O) groups is 3. The highest BCUT2D eigenvalue weighted by atomic mass is 19.2. The van der Waals surface area contributed by atoms with Crippen LogP contribution in [-0.4, -0.2) is 75.3 Å². The normalized spacial score (nSPS) is 11.8. The average Bonchev–Trinajstić information content (AvgIpc) is 1.71. The molecule has 22 heteroatoms. The number of imidazole rings is 3. The predicted octanol–water partition coefficient (Wildman–Crippen LogP) is 14.3. The lowest BCUT2D eigenvalue weighted by atomic mass is 9.89. The number of aliphatic hydroxyl groups excluding tert-OH is 1. The van der Waals surface area contributed by atoms with Gasteiger partial charge in [-0.25, -0.2) is 50.9 Å². The van der Waals surface area contributed by atoms with Gasteiger partial charge in [-0.05, 0) is 150 Å². The molecule has 89 heavy (non-hydrogen) atoms. The van der Waals surface area contributed by atoms with Crippen LogP contribution >= 0.6 is 0 Å². The topological polar surface area (TPSA) is 207 Å². The van der Waals surface area contributed by atoms with Gasteiger partial charge in [0.05, 0.1) is 47.0 Å². The molecule has 0 bridgehead atoms. The number of pyridine rings is 3. The highest BCUT2D eigenvalue weighted by Crippen LogP contribution is 2.31. The van der Waals surface area contributed by atoms with Gasteiger partial charge in [0.1, 0.15) is 60.4 Å². The lowest BCUT2D eigenvalue weighted by Crippen LogP contribution is -2.25. The minimum atomic E-state index is -1.11. The van der Waals surface area contributed by atoms with Crippen LogP contribution < -0.4 is 19.9 Å². The molecule has 0 aliphatic carbocycles. The monoisotopic (exact) mass is 1240 g/mol. The molecule has 0 saturated heterocycles. The summed E-state index contributed by atoms with van der Waals surface area (Å²) in [5.74, 6) is -3.22. The highest BCUT2D eigenvalue weighted by Gasteiger charge is 2.25. The molecule has 0 fully saturated rings. The van der Waals surface area contributed by atoms with Crippen LogP contribution in [0.15, 0.2) is 91.4 Å². The first kappa shape index (κ1) is 69.3. The van der Waals surface area contributed by atoms with Crippen molar-refractivity contribution in [3.05, 3.63) is 194 Å². The minimum absolute atomic E-state index is 0.0185. The largest absolute Gasteiger partial charge is 0.485 e. The number of aromatic nitrogens is 6. The number of nitrogens with zero attached hydrogens (tertiary/aromatic N) is 6. The number of nitrogens with two attached hydrogens (primary N) is 1. The first-order chi connectivity index (χ1) is 42.2. The maximum atomic E-state index is 14.0. The molecule has 0 spiro atoms. The molecule has 0 aliphatic heterocycles. The molecule has 0 aliphatic rings. The van der Waals surface area contributed by atoms with Crippen molar-refractivity contribution in [2.75, 3.05) is 13.2 Å². The summed E-state index contributed by atoms with van der Waals surface area (Å²) < 4.78 is 110. The Hall–Kier alpha value is -8.76. The number of aryl methyl sites for hydroxylation is 6. The number of fused-ring (bicyclic) bond motifs is 3. The van der Waals surface area contributed by atoms with Crippen LogP contribution in [0.5, 0.6) is 17.2 Å². The first-order valence-electron chi connectivity index (χ1n) is 29.1. The van der Waals surface area contributed by atoms with Crippen molar-refractivity contribution in [1.29, 1.82) is 0 Å². The third-order valence-corrected chi connectivity index (χ3v) is 14.1. The second-order valence-corrected chi connectivity index (χ2v) is 22.5. The molecule has 476 valence electrons. The Morgan fingerprint density at radius 2 is 0.876 bits per heavy atom. The van der Waals surface area contributed by atoms with Crippen LogP contribution in [0.25, 0.3) is 16.9 Å². The van der Waals surface area contributed by atoms with E-state index in [0.29, 0.717) is 75.4 Å². The number of aromatic carboxylic acids is 1. The number of carboxylic acids is 1. The van der Waals surface area contributed by atoms with Gasteiger partial charge in [0.2, 0.25) is 0 Å². The fourth-order valence-corrected chi connectivity index (χ4v) is 9.99. The number of ether oxygens (including phenoxy) is 4. The van der Waals surface area contributed by atoms with Crippen LogP contribution in [0.4, 0.5) is 26.3 Å². The number of aliphatic hydroxyl groups is 1. The zero-order valence-corrected chi connectivity index (χ0v) is 52.1. The maximum absolute atomic E-state index is 14.0. The lowest BCUT2D eigenvalue weighted by molar-refractivity contribution is 0.0516. The Morgan fingerprint density at radius 1 is 0.539 bits per heavy atom. The summed E-state index contributed by atoms with van der Waals surface area (Å²) in [4.78, 5) is 49.9. The van der Waals surface area contributed by atoms with Gasteiger partial charge >= 0.3 is 11.9 Å². The van der Waals surface area contributed by atoms with Crippen molar-refractivity contribution in [2.45, 2.75) is 135 Å². The van der Waals surface area contributed by atoms with Gasteiger partial charge in [0.25, 0.3) is 0 Å². The summed E-state index contributed by atoms with van der Waals surface area (Å²) in [6.45, 7) is 22.3. The van der Waals surface area contributed by atoms with Crippen LogP contribution in [0, 0.1) is 94.2 Å². The Bertz CT molecular complexity index is 3890. The fourth-order valence-electron chi connectivity index (χ4n) is 9.99. The summed E-state index contributed by atoms with van der Waals surface area (Å²) in [5, 5.41) is 17.8. The fraction of sp³-hybridized carbons (Fsp3) is 0.373. The number of benzene rings is 3. The summed E-state index contributed by atoms with van der Waals surface area (Å²) >= 11 is 0. The van der Waals surface area contributed by atoms with Gasteiger partial charge in [-0.1, -0.05) is 59.2 Å². The number of carbonyl (C=O) groups excluding carboxylic acids is 2. The van der Waals surface area contributed by atoms with Crippen molar-refractivity contribution in [3.8, 4) is 17.2 Å². The van der Waals surface area contributed by atoms with E-state index in [-0.39, 0.29) is 78.6 Å². The number of esters is 1. The quantitative estimate of drug-likeness (QED) is 0.0348. The molecule has 0 amide bonds. The van der Waals surface area contributed by atoms with Crippen LogP contribution in [0.3, 0.4) is 0 Å². The molecule has 9 aromatic rings. The lowest BCUT2D eigenvalue weighted by Gasteiger charge is -2.16. The zero-order chi connectivity index (χ0) is 65.6. The maximum Gasteiger partial charge on any atom is 0.357 e. The van der Waals surface area contributed by atoms with E-state index < -0.39 is 46.8 Å². The van der Waals surface area contributed by atoms with Crippen molar-refractivity contribution in [2.24, 2.45) is 23.5 Å². The molecule has 4 N–H and O–H groups in total. The predicted molar refractivity (Wildman–Crippen MR) is 326 cm³/mol. The molecule has 2 atom stereocenters. The van der Waals surface area contributed by atoms with Crippen LogP contribution in [0.2, 0.25) is 0 Å². The molecule has 0 saturated carbocycles. The van der Waals surface area contributed by atoms with Crippen LogP contribution in [-0.2, 0) is 24.6 Å². The Labute approximate surface area is 513 Å². The van der Waals surface area contributed by atoms with E-state index in [4.69, 9.17) is 29.8 Å². The third-order valence-electron chi connectivity index (χ3n) is 14.1. The van der Waals surface area contributed by atoms with Gasteiger partial charge in [0, 0.05) is 31.1 Å². The standard InChI is InChI=1S/C25H30F2N2O2.C19H18F2N2O3.C17H14F2N2O3.C6H15NO/c1-6-18(10-15(2)3)12-22(30)24-17(5)28-25-23(11-16(4)13-29(24)25)31-14-19-20(26)8-7-9-21(19)27;1-4-25-19(24)17-12(3)22-18-16(8-11(2)9-23(17)18)26-10-13-14(20)6-5-7-15(13)21;1-9-6-14(24-8-11-12(18)4-3-5-13(11)19)16-20-10(2)15(17(22)23)21(16)7-9;1-5(2)3-6(7)4-8/h7-9,11,13,15,18H,6,10,12,14H2,1-5H3;5-9H,4,10H2,1-3H3;3-7H,8H2,1-2H3,(H,22,23);5-6,8H,3-4,7H2,1-2H3/t18-;;;6-/m0..1/s1. The summed E-state index contributed by atoms with van der Waals surface area (Å²) in [5.41, 5.74) is 10.7. The number of Topliss-reactive ketones (excluding diaryl/α,β-unsaturated/α-hetero) is 1. The van der Waals surface area contributed by atoms with Crippen LogP contribution in [0.1, 0.15) is 149 Å². The van der Waals surface area contributed by atoms with Crippen molar-refractivity contribution in [1.82, 2.24) is 28.2 Å².